The number of ether oxygens (including phenoxy) is 2. The molecule has 0 aromatic heterocycles. The van der Waals surface area contributed by atoms with Crippen LogP contribution in [-0.2, 0) is 19.1 Å². The summed E-state index contributed by atoms with van der Waals surface area (Å²) in [5.41, 5.74) is -0.0672. The number of carbonyl (C=O) groups is 4. The molecule has 0 atom stereocenters. The van der Waals surface area contributed by atoms with Gasteiger partial charge in [-0.25, -0.2) is 18.4 Å². The number of unbranched alkanes of at least 4 members (excludes halogenated alkanes) is 8. The predicted molar refractivity (Wildman–Crippen MR) is 141 cm³/mol. The van der Waals surface area contributed by atoms with Crippen LogP contribution in [0.2, 0.25) is 0 Å². The lowest BCUT2D eigenvalue weighted by molar-refractivity contribution is -0.119. The van der Waals surface area contributed by atoms with Crippen molar-refractivity contribution < 1.29 is 37.4 Å². The quantitative estimate of drug-likeness (QED) is 0.144. The highest BCUT2D eigenvalue weighted by Crippen LogP contribution is 2.27. The fourth-order valence-electron chi connectivity index (χ4n) is 4.16. The van der Waals surface area contributed by atoms with Gasteiger partial charge in [0.25, 0.3) is 0 Å². The number of hydrogen-bond donors (Lipinski definition) is 0. The van der Waals surface area contributed by atoms with Gasteiger partial charge in [-0.05, 0) is 61.4 Å². The largest absolute Gasteiger partial charge is 0.419 e. The van der Waals surface area contributed by atoms with E-state index < -0.39 is 46.7 Å². The van der Waals surface area contributed by atoms with Crippen molar-refractivity contribution in [3.05, 3.63) is 94.5 Å². The Morgan fingerprint density at radius 1 is 0.667 bits per heavy atom. The molecular weight excluding hydrogens is 506 g/mol. The first-order valence-electron chi connectivity index (χ1n) is 13.3. The Hall–Kier alpha value is -3.94. The van der Waals surface area contributed by atoms with Gasteiger partial charge in [-0.2, -0.15) is 0 Å². The molecule has 1 aliphatic carbocycles. The van der Waals surface area contributed by atoms with E-state index in [2.05, 4.69) is 6.92 Å². The molecule has 0 heterocycles. The predicted octanol–water partition coefficient (Wildman–Crippen LogP) is 7.19. The molecule has 0 fully saturated rings. The highest BCUT2D eigenvalue weighted by molar-refractivity contribution is 6.22. The number of hydrogen-bond acceptors (Lipinski definition) is 6. The van der Waals surface area contributed by atoms with E-state index in [1.54, 1.807) is 0 Å². The van der Waals surface area contributed by atoms with E-state index in [0.29, 0.717) is 6.42 Å². The SMILES string of the molecule is CCCCCCCCCCCC1=C(OC(=O)c2ccc(F)cc2)C(=O)C=C(OC(=O)c2ccc(F)cc2)C1=O. The number of halogens is 2. The van der Waals surface area contributed by atoms with E-state index in [-0.39, 0.29) is 23.1 Å². The molecule has 0 spiro atoms. The third-order valence-electron chi connectivity index (χ3n) is 6.35. The minimum absolute atomic E-state index is 0.00378. The number of rotatable bonds is 14. The minimum atomic E-state index is -0.934. The monoisotopic (exact) mass is 538 g/mol. The zero-order valence-corrected chi connectivity index (χ0v) is 22.0. The molecule has 0 radical (unpaired) electrons. The Morgan fingerprint density at radius 2 is 1.13 bits per heavy atom. The van der Waals surface area contributed by atoms with Crippen molar-refractivity contribution in [2.75, 3.05) is 0 Å². The normalized spacial score (nSPS) is 13.4. The Bertz CT molecular complexity index is 1240. The van der Waals surface area contributed by atoms with Crippen LogP contribution in [-0.4, -0.2) is 23.5 Å². The molecule has 206 valence electrons. The first kappa shape index (κ1) is 29.6. The number of ketones is 2. The first-order valence-corrected chi connectivity index (χ1v) is 13.3. The Kier molecular flexibility index (Phi) is 11.3. The van der Waals surface area contributed by atoms with Gasteiger partial charge in [0.1, 0.15) is 11.6 Å². The molecule has 0 amide bonds. The molecule has 0 bridgehead atoms. The molecule has 0 saturated carbocycles. The van der Waals surface area contributed by atoms with Crippen LogP contribution in [0.3, 0.4) is 0 Å². The summed E-state index contributed by atoms with van der Waals surface area (Å²) >= 11 is 0. The summed E-state index contributed by atoms with van der Waals surface area (Å²) in [4.78, 5) is 51.4. The molecule has 0 saturated heterocycles. The highest BCUT2D eigenvalue weighted by Gasteiger charge is 2.33. The summed E-state index contributed by atoms with van der Waals surface area (Å²) in [6, 6.07) is 9.11. The van der Waals surface area contributed by atoms with E-state index in [1.807, 2.05) is 0 Å². The lowest BCUT2D eigenvalue weighted by Gasteiger charge is -2.18. The number of allylic oxidation sites excluding steroid dienone is 2. The smallest absolute Gasteiger partial charge is 0.343 e. The van der Waals surface area contributed by atoms with Crippen LogP contribution in [0.4, 0.5) is 8.78 Å². The van der Waals surface area contributed by atoms with Gasteiger partial charge in [-0.3, -0.25) is 9.59 Å². The maximum atomic E-state index is 13.3. The summed E-state index contributed by atoms with van der Waals surface area (Å²) in [6.07, 6.45) is 10.2. The molecule has 3 rings (SSSR count). The summed E-state index contributed by atoms with van der Waals surface area (Å²) in [5.74, 6) is -5.43. The Balaban J connectivity index is 1.71. The second-order valence-electron chi connectivity index (χ2n) is 9.38. The van der Waals surface area contributed by atoms with Gasteiger partial charge < -0.3 is 9.47 Å². The Morgan fingerprint density at radius 3 is 1.64 bits per heavy atom. The number of benzene rings is 2. The van der Waals surface area contributed by atoms with Gasteiger partial charge in [0.05, 0.1) is 16.7 Å². The van der Waals surface area contributed by atoms with Gasteiger partial charge in [-0.15, -0.1) is 0 Å². The van der Waals surface area contributed by atoms with Crippen LogP contribution < -0.4 is 0 Å². The fourth-order valence-corrected chi connectivity index (χ4v) is 4.16. The van der Waals surface area contributed by atoms with Crippen LogP contribution in [0.15, 0.2) is 71.7 Å². The average molecular weight is 539 g/mol. The molecule has 8 heteroatoms. The maximum absolute atomic E-state index is 13.3. The van der Waals surface area contributed by atoms with Crippen LogP contribution in [0, 0.1) is 11.6 Å². The maximum Gasteiger partial charge on any atom is 0.343 e. The molecule has 39 heavy (non-hydrogen) atoms. The third-order valence-corrected chi connectivity index (χ3v) is 6.35. The van der Waals surface area contributed by atoms with E-state index in [4.69, 9.17) is 9.47 Å². The van der Waals surface area contributed by atoms with Crippen molar-refractivity contribution in [2.45, 2.75) is 71.1 Å². The summed E-state index contributed by atoms with van der Waals surface area (Å²) in [5, 5.41) is 0. The van der Waals surface area contributed by atoms with Crippen molar-refractivity contribution in [1.82, 2.24) is 0 Å². The lowest BCUT2D eigenvalue weighted by Crippen LogP contribution is -2.25. The van der Waals surface area contributed by atoms with Crippen LogP contribution >= 0.6 is 0 Å². The molecule has 0 N–H and O–H groups in total. The fraction of sp³-hybridized carbons (Fsp3) is 0.355. The van der Waals surface area contributed by atoms with Crippen LogP contribution in [0.5, 0.6) is 0 Å². The summed E-state index contributed by atoms with van der Waals surface area (Å²) < 4.78 is 37.0. The molecule has 0 unspecified atom stereocenters. The second-order valence-corrected chi connectivity index (χ2v) is 9.38. The van der Waals surface area contributed by atoms with Crippen molar-refractivity contribution >= 4 is 23.5 Å². The van der Waals surface area contributed by atoms with Crippen LogP contribution in [0.25, 0.3) is 0 Å². The lowest BCUT2D eigenvalue weighted by atomic mass is 9.94. The van der Waals surface area contributed by atoms with E-state index in [9.17, 15) is 28.0 Å². The van der Waals surface area contributed by atoms with Crippen molar-refractivity contribution in [3.8, 4) is 0 Å². The van der Waals surface area contributed by atoms with Crippen molar-refractivity contribution in [3.63, 3.8) is 0 Å². The van der Waals surface area contributed by atoms with E-state index in [1.165, 1.54) is 49.9 Å². The molecule has 2 aromatic rings. The number of carbonyl (C=O) groups excluding carboxylic acids is 4. The van der Waals surface area contributed by atoms with Gasteiger partial charge in [0, 0.05) is 6.08 Å². The van der Waals surface area contributed by atoms with Crippen molar-refractivity contribution in [2.24, 2.45) is 0 Å². The highest BCUT2D eigenvalue weighted by atomic mass is 19.1. The zero-order valence-electron chi connectivity index (χ0n) is 22.0. The van der Waals surface area contributed by atoms with E-state index >= 15 is 0 Å². The number of esters is 2. The van der Waals surface area contributed by atoms with Crippen LogP contribution in [0.1, 0.15) is 91.8 Å². The summed E-state index contributed by atoms with van der Waals surface area (Å²) in [7, 11) is 0. The zero-order chi connectivity index (χ0) is 28.2. The molecule has 6 nitrogen and oxygen atoms in total. The topological polar surface area (TPSA) is 86.7 Å². The minimum Gasteiger partial charge on any atom is -0.419 e. The molecule has 0 aliphatic heterocycles. The standard InChI is InChI=1S/C31H32F2O6/c1-2-3-4-5-6-7-8-9-10-11-25-28(35)27(38-30(36)21-12-16-23(32)17-13-21)20-26(34)29(25)39-31(37)22-14-18-24(33)19-15-22/h12-20H,2-11H2,1H3. The van der Waals surface area contributed by atoms with Crippen molar-refractivity contribution in [1.29, 1.82) is 0 Å². The van der Waals surface area contributed by atoms with Gasteiger partial charge >= 0.3 is 11.9 Å². The Labute approximate surface area is 226 Å². The first-order chi connectivity index (χ1) is 18.8. The molecular formula is C31H32F2O6. The second kappa shape index (κ2) is 14.9. The van der Waals surface area contributed by atoms with Gasteiger partial charge in [0.15, 0.2) is 11.5 Å². The summed E-state index contributed by atoms with van der Waals surface area (Å²) in [6.45, 7) is 2.17. The van der Waals surface area contributed by atoms with Gasteiger partial charge in [-0.1, -0.05) is 58.3 Å². The van der Waals surface area contributed by atoms with E-state index in [0.717, 1.165) is 56.0 Å². The third kappa shape index (κ3) is 8.80. The molecule has 1 aliphatic rings. The number of Topliss-reactive ketones (excluding diaryl/α,β-unsaturated/α-hetero) is 1. The average Bonchev–Trinajstić information content (AvgIpc) is 2.92. The van der Waals surface area contributed by atoms with Gasteiger partial charge in [0.2, 0.25) is 11.6 Å². The molecule has 2 aromatic carbocycles.